The Balaban J connectivity index is 2.14. The van der Waals surface area contributed by atoms with Crippen molar-refractivity contribution < 1.29 is 13.2 Å². The molecule has 0 aliphatic rings. The molecule has 1 N–H and O–H groups in total. The molecule has 21 heavy (non-hydrogen) atoms. The van der Waals surface area contributed by atoms with Crippen LogP contribution in [0.4, 0.5) is 5.82 Å². The molecule has 1 heterocycles. The van der Waals surface area contributed by atoms with E-state index in [-0.39, 0.29) is 5.82 Å². The Bertz CT molecular complexity index is 685. The molecule has 1 aromatic carbocycles. The van der Waals surface area contributed by atoms with Gasteiger partial charge in [-0.25, -0.2) is 13.4 Å². The van der Waals surface area contributed by atoms with E-state index in [0.717, 1.165) is 5.56 Å². The Morgan fingerprint density at radius 2 is 1.86 bits per heavy atom. The Morgan fingerprint density at radius 3 is 2.52 bits per heavy atom. The molecular formula is C15H18N2O3S. The summed E-state index contributed by atoms with van der Waals surface area (Å²) in [5.74, 6) is 0.618. The summed E-state index contributed by atoms with van der Waals surface area (Å²) in [6, 6.07) is 13.0. The summed E-state index contributed by atoms with van der Waals surface area (Å²) in [5.41, 5.74) is 0.999. The smallest absolute Gasteiger partial charge is 0.236 e. The van der Waals surface area contributed by atoms with Crippen LogP contribution in [0.1, 0.15) is 19.4 Å². The monoisotopic (exact) mass is 306 g/mol. The van der Waals surface area contributed by atoms with Gasteiger partial charge in [-0.1, -0.05) is 30.3 Å². The number of nitrogens with one attached hydrogen (secondary N) is 1. The van der Waals surface area contributed by atoms with Crippen LogP contribution >= 0.6 is 0 Å². The zero-order valence-electron chi connectivity index (χ0n) is 12.0. The van der Waals surface area contributed by atoms with Gasteiger partial charge in [-0.2, -0.15) is 0 Å². The third-order valence-electron chi connectivity index (χ3n) is 2.87. The van der Waals surface area contributed by atoms with Crippen LogP contribution in [-0.2, 0) is 16.6 Å². The first kappa shape index (κ1) is 15.3. The quantitative estimate of drug-likeness (QED) is 0.891. The number of nitrogens with zero attached hydrogens (tertiary/aromatic N) is 1. The van der Waals surface area contributed by atoms with Crippen LogP contribution in [0.5, 0.6) is 5.75 Å². The Kier molecular flexibility index (Phi) is 4.80. The van der Waals surface area contributed by atoms with Crippen LogP contribution < -0.4 is 9.46 Å². The van der Waals surface area contributed by atoms with Crippen LogP contribution in [0.2, 0.25) is 0 Å². The van der Waals surface area contributed by atoms with Gasteiger partial charge in [-0.05, 0) is 31.5 Å². The molecule has 1 aromatic heterocycles. The number of ether oxygens (including phenoxy) is 1. The highest BCUT2D eigenvalue weighted by atomic mass is 32.2. The lowest BCUT2D eigenvalue weighted by atomic mass is 10.2. The molecule has 0 aliphatic heterocycles. The van der Waals surface area contributed by atoms with E-state index in [9.17, 15) is 8.42 Å². The fourth-order valence-electron chi connectivity index (χ4n) is 1.57. The highest BCUT2D eigenvalue weighted by Gasteiger charge is 2.18. The third-order valence-corrected chi connectivity index (χ3v) is 4.59. The average molecular weight is 306 g/mol. The van der Waals surface area contributed by atoms with E-state index in [1.807, 2.05) is 30.3 Å². The SMILES string of the molecule is CC(C)S(=O)(=O)Nc1ncccc1OCc1ccccc1. The van der Waals surface area contributed by atoms with Gasteiger partial charge in [0.05, 0.1) is 5.25 Å². The largest absolute Gasteiger partial charge is 0.485 e. The number of aromatic nitrogens is 1. The van der Waals surface area contributed by atoms with E-state index in [1.54, 1.807) is 26.0 Å². The van der Waals surface area contributed by atoms with Gasteiger partial charge in [0.15, 0.2) is 11.6 Å². The van der Waals surface area contributed by atoms with Crippen LogP contribution in [0.15, 0.2) is 48.7 Å². The second-order valence-electron chi connectivity index (χ2n) is 4.82. The van der Waals surface area contributed by atoms with Crippen LogP contribution in [0.3, 0.4) is 0 Å². The van der Waals surface area contributed by atoms with Crippen molar-refractivity contribution in [2.24, 2.45) is 0 Å². The molecule has 2 aromatic rings. The summed E-state index contributed by atoms with van der Waals surface area (Å²) in [6.45, 7) is 3.56. The standard InChI is InChI=1S/C15H18N2O3S/c1-12(2)21(18,19)17-15-14(9-6-10-16-15)20-11-13-7-4-3-5-8-13/h3-10,12H,11H2,1-2H3,(H,16,17). The number of anilines is 1. The number of benzene rings is 1. The molecule has 0 fully saturated rings. The van der Waals surface area contributed by atoms with E-state index >= 15 is 0 Å². The van der Waals surface area contributed by atoms with Crippen molar-refractivity contribution >= 4 is 15.8 Å². The Labute approximate surface area is 125 Å². The molecule has 0 saturated carbocycles. The van der Waals surface area contributed by atoms with Crippen LogP contribution in [0.25, 0.3) is 0 Å². The highest BCUT2D eigenvalue weighted by Crippen LogP contribution is 2.23. The fourth-order valence-corrected chi connectivity index (χ4v) is 2.23. The molecule has 6 heteroatoms. The molecule has 0 spiro atoms. The maximum atomic E-state index is 11.9. The molecule has 0 saturated heterocycles. The molecule has 0 bridgehead atoms. The topological polar surface area (TPSA) is 68.3 Å². The van der Waals surface area contributed by atoms with Gasteiger partial charge in [0.25, 0.3) is 0 Å². The summed E-state index contributed by atoms with van der Waals surface area (Å²) in [6.07, 6.45) is 1.52. The first-order valence-electron chi connectivity index (χ1n) is 6.62. The van der Waals surface area contributed by atoms with Gasteiger partial charge in [0.2, 0.25) is 10.0 Å². The lowest BCUT2D eigenvalue weighted by Gasteiger charge is -2.14. The molecule has 5 nitrogen and oxygen atoms in total. The normalized spacial score (nSPS) is 11.4. The first-order chi connectivity index (χ1) is 9.99. The van der Waals surface area contributed by atoms with Crippen LogP contribution in [0, 0.1) is 0 Å². The molecular weight excluding hydrogens is 288 g/mol. The zero-order chi connectivity index (χ0) is 15.3. The predicted octanol–water partition coefficient (Wildman–Crippen LogP) is 2.81. The minimum Gasteiger partial charge on any atom is -0.485 e. The van der Waals surface area contributed by atoms with Gasteiger partial charge in [-0.3, -0.25) is 4.72 Å². The molecule has 0 aliphatic carbocycles. The maximum absolute atomic E-state index is 11.9. The van der Waals surface area contributed by atoms with Gasteiger partial charge in [-0.15, -0.1) is 0 Å². The summed E-state index contributed by atoms with van der Waals surface area (Å²) < 4.78 is 32.0. The summed E-state index contributed by atoms with van der Waals surface area (Å²) in [4.78, 5) is 4.04. The van der Waals surface area contributed by atoms with Gasteiger partial charge >= 0.3 is 0 Å². The second-order valence-corrected chi connectivity index (χ2v) is 7.06. The van der Waals surface area contributed by atoms with Crippen molar-refractivity contribution in [3.63, 3.8) is 0 Å². The maximum Gasteiger partial charge on any atom is 0.236 e. The minimum absolute atomic E-state index is 0.210. The van der Waals surface area contributed by atoms with Gasteiger partial charge in [0, 0.05) is 6.20 Å². The number of sulfonamides is 1. The van der Waals surface area contributed by atoms with Crippen molar-refractivity contribution in [2.75, 3.05) is 4.72 Å². The summed E-state index contributed by atoms with van der Waals surface area (Å²) >= 11 is 0. The number of hydrogen-bond acceptors (Lipinski definition) is 4. The molecule has 0 unspecified atom stereocenters. The van der Waals surface area contributed by atoms with Gasteiger partial charge < -0.3 is 4.74 Å². The average Bonchev–Trinajstić information content (AvgIpc) is 2.47. The molecule has 0 atom stereocenters. The van der Waals surface area contributed by atoms with E-state index in [4.69, 9.17) is 4.74 Å². The van der Waals surface area contributed by atoms with Crippen molar-refractivity contribution in [3.05, 3.63) is 54.2 Å². The van der Waals surface area contributed by atoms with Crippen molar-refractivity contribution in [1.82, 2.24) is 4.98 Å². The van der Waals surface area contributed by atoms with E-state index in [0.29, 0.717) is 12.4 Å². The van der Waals surface area contributed by atoms with Crippen molar-refractivity contribution in [3.8, 4) is 5.75 Å². The first-order valence-corrected chi connectivity index (χ1v) is 8.17. The van der Waals surface area contributed by atoms with Crippen LogP contribution in [-0.4, -0.2) is 18.7 Å². The summed E-state index contributed by atoms with van der Waals surface area (Å²) in [5, 5.41) is -0.540. The number of rotatable bonds is 6. The highest BCUT2D eigenvalue weighted by molar-refractivity contribution is 7.93. The Morgan fingerprint density at radius 1 is 1.14 bits per heavy atom. The van der Waals surface area contributed by atoms with E-state index < -0.39 is 15.3 Å². The van der Waals surface area contributed by atoms with Crippen molar-refractivity contribution in [2.45, 2.75) is 25.7 Å². The number of hydrogen-bond donors (Lipinski definition) is 1. The van der Waals surface area contributed by atoms with E-state index in [2.05, 4.69) is 9.71 Å². The van der Waals surface area contributed by atoms with Crippen molar-refractivity contribution in [1.29, 1.82) is 0 Å². The Hall–Kier alpha value is -2.08. The summed E-state index contributed by atoms with van der Waals surface area (Å²) in [7, 11) is -3.45. The number of pyridine rings is 1. The second kappa shape index (κ2) is 6.58. The molecule has 2 rings (SSSR count). The molecule has 112 valence electrons. The van der Waals surface area contributed by atoms with Gasteiger partial charge in [0.1, 0.15) is 6.61 Å². The fraction of sp³-hybridized carbons (Fsp3) is 0.267. The zero-order valence-corrected chi connectivity index (χ0v) is 12.8. The van der Waals surface area contributed by atoms with E-state index in [1.165, 1.54) is 6.20 Å². The molecule has 0 amide bonds. The minimum atomic E-state index is -3.45. The third kappa shape index (κ3) is 4.19. The predicted molar refractivity (Wildman–Crippen MR) is 82.7 cm³/mol. The lowest BCUT2D eigenvalue weighted by molar-refractivity contribution is 0.307. The molecule has 0 radical (unpaired) electrons. The lowest BCUT2D eigenvalue weighted by Crippen LogP contribution is -2.23.